The normalized spacial score (nSPS) is 11.1. The number of benzene rings is 2. The average Bonchev–Trinajstić information content (AvgIpc) is 2.82. The van der Waals surface area contributed by atoms with Crippen molar-refractivity contribution in [3.63, 3.8) is 0 Å². The van der Waals surface area contributed by atoms with E-state index in [-0.39, 0.29) is 5.82 Å². The highest BCUT2D eigenvalue weighted by atomic mass is 19.1. The van der Waals surface area contributed by atoms with Gasteiger partial charge in [-0.25, -0.2) is 9.37 Å². The summed E-state index contributed by atoms with van der Waals surface area (Å²) < 4.78 is 18.3. The van der Waals surface area contributed by atoms with Crippen LogP contribution >= 0.6 is 0 Å². The van der Waals surface area contributed by atoms with Crippen molar-refractivity contribution >= 4 is 11.0 Å². The number of halogens is 1. The van der Waals surface area contributed by atoms with Gasteiger partial charge in [-0.2, -0.15) is 0 Å². The number of ether oxygens (including phenoxy) is 1. The van der Waals surface area contributed by atoms with Gasteiger partial charge in [-0.15, -0.1) is 0 Å². The maximum Gasteiger partial charge on any atom is 0.138 e. The van der Waals surface area contributed by atoms with Crippen molar-refractivity contribution in [2.45, 2.75) is 6.61 Å². The van der Waals surface area contributed by atoms with Gasteiger partial charge in [-0.3, -0.25) is 0 Å². The van der Waals surface area contributed by atoms with E-state index in [2.05, 4.69) is 9.97 Å². The van der Waals surface area contributed by atoms with Crippen molar-refractivity contribution in [1.82, 2.24) is 9.97 Å². The molecule has 19 heavy (non-hydrogen) atoms. The summed E-state index contributed by atoms with van der Waals surface area (Å²) in [5, 5.41) is 0. The van der Waals surface area contributed by atoms with Gasteiger partial charge in [0.2, 0.25) is 0 Å². The van der Waals surface area contributed by atoms with Crippen LogP contribution < -0.4 is 0 Å². The van der Waals surface area contributed by atoms with Crippen LogP contribution in [-0.4, -0.2) is 17.1 Å². The first-order chi connectivity index (χ1) is 9.26. The van der Waals surface area contributed by atoms with E-state index in [1.54, 1.807) is 13.2 Å². The first-order valence-electron chi connectivity index (χ1n) is 6.00. The minimum atomic E-state index is -0.268. The molecule has 0 fully saturated rings. The van der Waals surface area contributed by atoms with E-state index in [9.17, 15) is 4.39 Å². The molecule has 3 rings (SSSR count). The van der Waals surface area contributed by atoms with Gasteiger partial charge in [0.05, 0.1) is 17.6 Å². The van der Waals surface area contributed by atoms with Crippen molar-refractivity contribution in [3.05, 3.63) is 53.8 Å². The highest BCUT2D eigenvalue weighted by Gasteiger charge is 2.06. The molecule has 0 saturated heterocycles. The van der Waals surface area contributed by atoms with Crippen LogP contribution in [-0.2, 0) is 11.3 Å². The summed E-state index contributed by atoms with van der Waals surface area (Å²) in [7, 11) is 1.66. The zero-order chi connectivity index (χ0) is 13.2. The number of hydrogen-bond donors (Lipinski definition) is 1. The van der Waals surface area contributed by atoms with Crippen LogP contribution in [0.2, 0.25) is 0 Å². The molecule has 0 aliphatic rings. The lowest BCUT2D eigenvalue weighted by Crippen LogP contribution is -1.88. The third kappa shape index (κ3) is 2.35. The molecule has 3 aromatic rings. The minimum absolute atomic E-state index is 0.268. The van der Waals surface area contributed by atoms with Crippen LogP contribution in [0.3, 0.4) is 0 Å². The van der Waals surface area contributed by atoms with Crippen molar-refractivity contribution in [1.29, 1.82) is 0 Å². The second kappa shape index (κ2) is 4.82. The van der Waals surface area contributed by atoms with E-state index in [1.807, 2.05) is 24.3 Å². The van der Waals surface area contributed by atoms with Crippen molar-refractivity contribution in [2.24, 2.45) is 0 Å². The molecule has 0 atom stereocenters. The molecule has 1 N–H and O–H groups in total. The number of fused-ring (bicyclic) bond motifs is 1. The van der Waals surface area contributed by atoms with Crippen LogP contribution in [0.1, 0.15) is 5.56 Å². The molecule has 0 amide bonds. The van der Waals surface area contributed by atoms with Gasteiger partial charge in [0.15, 0.2) is 0 Å². The molecule has 0 aliphatic heterocycles. The Morgan fingerprint density at radius 3 is 2.95 bits per heavy atom. The number of nitrogens with zero attached hydrogens (tertiary/aromatic N) is 1. The Balaban J connectivity index is 2.05. The number of imidazole rings is 1. The lowest BCUT2D eigenvalue weighted by molar-refractivity contribution is 0.185. The summed E-state index contributed by atoms with van der Waals surface area (Å²) in [5.74, 6) is 0.467. The van der Waals surface area contributed by atoms with Gasteiger partial charge >= 0.3 is 0 Å². The van der Waals surface area contributed by atoms with Crippen LogP contribution in [0, 0.1) is 5.82 Å². The van der Waals surface area contributed by atoms with E-state index in [4.69, 9.17) is 4.74 Å². The molecular weight excluding hydrogens is 243 g/mol. The molecule has 0 aliphatic carbocycles. The van der Waals surface area contributed by atoms with Crippen LogP contribution in [0.5, 0.6) is 0 Å². The third-order valence-corrected chi connectivity index (χ3v) is 2.96. The Labute approximate surface area is 110 Å². The molecule has 1 heterocycles. The van der Waals surface area contributed by atoms with Gasteiger partial charge in [0.25, 0.3) is 0 Å². The summed E-state index contributed by atoms with van der Waals surface area (Å²) in [6.45, 7) is 0.558. The largest absolute Gasteiger partial charge is 0.380 e. The number of aromatic amines is 1. The number of methoxy groups -OCH3 is 1. The fourth-order valence-electron chi connectivity index (χ4n) is 2.09. The predicted molar refractivity (Wildman–Crippen MR) is 72.2 cm³/mol. The summed E-state index contributed by atoms with van der Waals surface area (Å²) in [5.41, 5.74) is 3.50. The Morgan fingerprint density at radius 1 is 1.21 bits per heavy atom. The zero-order valence-corrected chi connectivity index (χ0v) is 10.5. The summed E-state index contributed by atoms with van der Waals surface area (Å²) >= 11 is 0. The molecule has 0 unspecified atom stereocenters. The molecule has 2 aromatic carbocycles. The van der Waals surface area contributed by atoms with Gasteiger partial charge in [0.1, 0.15) is 11.6 Å². The van der Waals surface area contributed by atoms with Gasteiger partial charge < -0.3 is 9.72 Å². The molecule has 4 heteroatoms. The SMILES string of the molecule is COCc1cccc(-c2nc3ccc(F)cc3[nH]2)c1. The van der Waals surface area contributed by atoms with Crippen LogP contribution in [0.15, 0.2) is 42.5 Å². The minimum Gasteiger partial charge on any atom is -0.380 e. The highest BCUT2D eigenvalue weighted by molar-refractivity contribution is 5.79. The van der Waals surface area contributed by atoms with E-state index in [0.717, 1.165) is 22.5 Å². The third-order valence-electron chi connectivity index (χ3n) is 2.96. The van der Waals surface area contributed by atoms with Gasteiger partial charge in [0, 0.05) is 12.7 Å². The maximum atomic E-state index is 13.1. The van der Waals surface area contributed by atoms with E-state index >= 15 is 0 Å². The molecule has 96 valence electrons. The summed E-state index contributed by atoms with van der Waals surface area (Å²) in [6.07, 6.45) is 0. The summed E-state index contributed by atoms with van der Waals surface area (Å²) in [4.78, 5) is 7.59. The Bertz CT molecular complexity index is 721. The van der Waals surface area contributed by atoms with Crippen molar-refractivity contribution in [2.75, 3.05) is 7.11 Å². The standard InChI is InChI=1S/C15H13FN2O/c1-19-9-10-3-2-4-11(7-10)15-17-13-6-5-12(16)8-14(13)18-15/h2-8H,9H2,1H3,(H,17,18). The molecule has 3 nitrogen and oxygen atoms in total. The zero-order valence-electron chi connectivity index (χ0n) is 10.5. The number of aromatic nitrogens is 2. The van der Waals surface area contributed by atoms with Gasteiger partial charge in [-0.05, 0) is 29.8 Å². The average molecular weight is 256 g/mol. The van der Waals surface area contributed by atoms with E-state index in [1.165, 1.54) is 12.1 Å². The van der Waals surface area contributed by atoms with Crippen LogP contribution in [0.25, 0.3) is 22.4 Å². The molecular formula is C15H13FN2O. The molecule has 0 saturated carbocycles. The number of nitrogens with one attached hydrogen (secondary N) is 1. The second-order valence-corrected chi connectivity index (χ2v) is 4.38. The number of H-pyrrole nitrogens is 1. The van der Waals surface area contributed by atoms with Crippen molar-refractivity contribution in [3.8, 4) is 11.4 Å². The Kier molecular flexibility index (Phi) is 3.01. The Morgan fingerprint density at radius 2 is 2.11 bits per heavy atom. The monoisotopic (exact) mass is 256 g/mol. The van der Waals surface area contributed by atoms with Crippen molar-refractivity contribution < 1.29 is 9.13 Å². The quantitative estimate of drug-likeness (QED) is 0.778. The first-order valence-corrected chi connectivity index (χ1v) is 6.00. The molecule has 1 aromatic heterocycles. The maximum absolute atomic E-state index is 13.1. The first kappa shape index (κ1) is 11.9. The molecule has 0 spiro atoms. The lowest BCUT2D eigenvalue weighted by atomic mass is 10.1. The van der Waals surface area contributed by atoms with Gasteiger partial charge in [-0.1, -0.05) is 18.2 Å². The van der Waals surface area contributed by atoms with E-state index < -0.39 is 0 Å². The smallest absolute Gasteiger partial charge is 0.138 e. The highest BCUT2D eigenvalue weighted by Crippen LogP contribution is 2.22. The molecule has 0 bridgehead atoms. The topological polar surface area (TPSA) is 37.9 Å². The Hall–Kier alpha value is -2.20. The predicted octanol–water partition coefficient (Wildman–Crippen LogP) is 3.52. The van der Waals surface area contributed by atoms with Crippen LogP contribution in [0.4, 0.5) is 4.39 Å². The molecule has 0 radical (unpaired) electrons. The van der Waals surface area contributed by atoms with E-state index in [0.29, 0.717) is 12.1 Å². The fourth-order valence-corrected chi connectivity index (χ4v) is 2.09. The summed E-state index contributed by atoms with van der Waals surface area (Å²) in [6, 6.07) is 12.5. The fraction of sp³-hybridized carbons (Fsp3) is 0.133. The lowest BCUT2D eigenvalue weighted by Gasteiger charge is -2.01. The second-order valence-electron chi connectivity index (χ2n) is 4.38. The number of rotatable bonds is 3. The number of hydrogen-bond acceptors (Lipinski definition) is 2.